The minimum Gasteiger partial charge on any atom is -0.378 e. The molecule has 1 aliphatic carbocycles. The van der Waals surface area contributed by atoms with E-state index in [0.717, 1.165) is 23.2 Å². The summed E-state index contributed by atoms with van der Waals surface area (Å²) in [6.07, 6.45) is 5.22. The fraction of sp³-hybridized carbons (Fsp3) is 0.167. The molecule has 0 radical (unpaired) electrons. The number of allylic oxidation sites excluding steroid dienone is 2. The van der Waals surface area contributed by atoms with Crippen LogP contribution in [0.4, 0.5) is 11.4 Å². The second kappa shape index (κ2) is 7.90. The molecule has 0 unspecified atom stereocenters. The molecule has 7 heteroatoms. The molecule has 1 aliphatic heterocycles. The van der Waals surface area contributed by atoms with E-state index in [1.807, 2.05) is 24.3 Å². The summed E-state index contributed by atoms with van der Waals surface area (Å²) in [6, 6.07) is 19.7. The highest BCUT2D eigenvalue weighted by molar-refractivity contribution is 7.92. The van der Waals surface area contributed by atoms with Crippen LogP contribution in [0, 0.1) is 5.92 Å². The van der Waals surface area contributed by atoms with Crippen LogP contribution in [0.2, 0.25) is 10.0 Å². The molecule has 31 heavy (non-hydrogen) atoms. The van der Waals surface area contributed by atoms with E-state index in [-0.39, 0.29) is 22.8 Å². The number of para-hydroxylation sites is 1. The van der Waals surface area contributed by atoms with Crippen LogP contribution in [0.3, 0.4) is 0 Å². The van der Waals surface area contributed by atoms with Gasteiger partial charge in [0.05, 0.1) is 10.9 Å². The summed E-state index contributed by atoms with van der Waals surface area (Å²) in [5.74, 6) is 0.353. The van der Waals surface area contributed by atoms with Gasteiger partial charge >= 0.3 is 0 Å². The lowest BCUT2D eigenvalue weighted by Crippen LogP contribution is -2.29. The van der Waals surface area contributed by atoms with Crippen LogP contribution in [-0.4, -0.2) is 8.42 Å². The minimum atomic E-state index is -3.69. The third kappa shape index (κ3) is 3.82. The predicted molar refractivity (Wildman–Crippen MR) is 127 cm³/mol. The van der Waals surface area contributed by atoms with Crippen molar-refractivity contribution < 1.29 is 8.42 Å². The molecular formula is C24H20Cl2N2O2S. The van der Waals surface area contributed by atoms with Crippen molar-refractivity contribution in [1.82, 2.24) is 0 Å². The normalized spacial score (nSPS) is 21.8. The van der Waals surface area contributed by atoms with Gasteiger partial charge in [0.15, 0.2) is 0 Å². The molecule has 1 heterocycles. The van der Waals surface area contributed by atoms with Gasteiger partial charge in [0.2, 0.25) is 0 Å². The molecular weight excluding hydrogens is 451 g/mol. The molecule has 0 spiro atoms. The molecule has 3 aromatic rings. The van der Waals surface area contributed by atoms with Crippen molar-refractivity contribution in [1.29, 1.82) is 0 Å². The van der Waals surface area contributed by atoms with Gasteiger partial charge in [-0.15, -0.1) is 0 Å². The SMILES string of the molecule is O=S(=O)(Nc1ccccc1)c1ccc2c(c1)[C@H]1C=CC[C@H]1[C@@H](c1ccc(Cl)cc1Cl)N2. The van der Waals surface area contributed by atoms with Crippen LogP contribution in [0.25, 0.3) is 0 Å². The Kier molecular flexibility index (Phi) is 5.21. The topological polar surface area (TPSA) is 58.2 Å². The van der Waals surface area contributed by atoms with Crippen LogP contribution < -0.4 is 10.0 Å². The van der Waals surface area contributed by atoms with Crippen LogP contribution in [0.5, 0.6) is 0 Å². The maximum Gasteiger partial charge on any atom is 0.261 e. The summed E-state index contributed by atoms with van der Waals surface area (Å²) >= 11 is 12.6. The zero-order valence-electron chi connectivity index (χ0n) is 16.4. The average molecular weight is 471 g/mol. The Hall–Kier alpha value is -2.47. The van der Waals surface area contributed by atoms with E-state index in [1.165, 1.54) is 0 Å². The zero-order valence-corrected chi connectivity index (χ0v) is 18.8. The fourth-order valence-electron chi connectivity index (χ4n) is 4.52. The number of rotatable bonds is 4. The van der Waals surface area contributed by atoms with E-state index in [0.29, 0.717) is 15.7 Å². The smallest absolute Gasteiger partial charge is 0.261 e. The van der Waals surface area contributed by atoms with Crippen LogP contribution >= 0.6 is 23.2 Å². The van der Waals surface area contributed by atoms with Gasteiger partial charge in [-0.3, -0.25) is 4.72 Å². The van der Waals surface area contributed by atoms with Gasteiger partial charge in [-0.25, -0.2) is 8.42 Å². The quantitative estimate of drug-likeness (QED) is 0.421. The number of hydrogen-bond acceptors (Lipinski definition) is 3. The molecule has 3 atom stereocenters. The van der Waals surface area contributed by atoms with Crippen molar-refractivity contribution in [3.05, 3.63) is 100 Å². The Morgan fingerprint density at radius 2 is 1.74 bits per heavy atom. The molecule has 0 saturated carbocycles. The standard InChI is InChI=1S/C24H20Cl2N2O2S/c25-15-9-11-20(22(26)13-15)24-19-8-4-7-18(19)21-14-17(10-12-23(21)27-24)31(29,30)28-16-5-2-1-3-6-16/h1-7,9-14,18-19,24,27-28H,8H2/t18-,19+,24-/m0/s1. The Morgan fingerprint density at radius 3 is 2.52 bits per heavy atom. The highest BCUT2D eigenvalue weighted by Crippen LogP contribution is 2.51. The largest absolute Gasteiger partial charge is 0.378 e. The number of anilines is 2. The van der Waals surface area contributed by atoms with Crippen molar-refractivity contribution in [2.24, 2.45) is 5.92 Å². The first-order valence-electron chi connectivity index (χ1n) is 10.0. The van der Waals surface area contributed by atoms with E-state index in [4.69, 9.17) is 23.2 Å². The minimum absolute atomic E-state index is 0.0159. The molecule has 2 aliphatic rings. The summed E-state index contributed by atoms with van der Waals surface area (Å²) in [5, 5.41) is 4.82. The molecule has 0 saturated heterocycles. The first-order valence-corrected chi connectivity index (χ1v) is 12.3. The number of nitrogens with one attached hydrogen (secondary N) is 2. The number of hydrogen-bond donors (Lipinski definition) is 2. The monoisotopic (exact) mass is 470 g/mol. The molecule has 0 bridgehead atoms. The lowest BCUT2D eigenvalue weighted by molar-refractivity contribution is 0.425. The Labute approximate surface area is 192 Å². The lowest BCUT2D eigenvalue weighted by Gasteiger charge is -2.38. The summed E-state index contributed by atoms with van der Waals surface area (Å²) in [5.41, 5.74) is 3.44. The fourth-order valence-corrected chi connectivity index (χ4v) is 6.14. The van der Waals surface area contributed by atoms with Gasteiger partial charge in [0, 0.05) is 27.3 Å². The molecule has 5 rings (SSSR count). The predicted octanol–water partition coefficient (Wildman–Crippen LogP) is 6.62. The molecule has 0 aromatic heterocycles. The van der Waals surface area contributed by atoms with E-state index < -0.39 is 10.0 Å². The second-order valence-corrected chi connectivity index (χ2v) is 10.4. The molecule has 158 valence electrons. The average Bonchev–Trinajstić information content (AvgIpc) is 3.24. The van der Waals surface area contributed by atoms with E-state index >= 15 is 0 Å². The van der Waals surface area contributed by atoms with E-state index in [9.17, 15) is 8.42 Å². The third-order valence-corrected chi connectivity index (χ3v) is 7.91. The summed E-state index contributed by atoms with van der Waals surface area (Å²) in [6.45, 7) is 0. The van der Waals surface area contributed by atoms with Crippen LogP contribution in [0.15, 0.2) is 83.8 Å². The zero-order chi connectivity index (χ0) is 21.6. The molecule has 0 amide bonds. The van der Waals surface area contributed by atoms with Crippen molar-refractivity contribution >= 4 is 44.6 Å². The molecule has 2 N–H and O–H groups in total. The van der Waals surface area contributed by atoms with Gasteiger partial charge in [-0.1, -0.05) is 59.6 Å². The highest BCUT2D eigenvalue weighted by atomic mass is 35.5. The van der Waals surface area contributed by atoms with Gasteiger partial charge in [0.25, 0.3) is 10.0 Å². The van der Waals surface area contributed by atoms with Gasteiger partial charge in [-0.05, 0) is 65.9 Å². The number of fused-ring (bicyclic) bond motifs is 3. The first-order chi connectivity index (χ1) is 14.9. The first kappa shape index (κ1) is 20.4. The molecule has 3 aromatic carbocycles. The van der Waals surface area contributed by atoms with Gasteiger partial charge in [0.1, 0.15) is 0 Å². The second-order valence-electron chi connectivity index (χ2n) is 7.86. The van der Waals surface area contributed by atoms with Crippen molar-refractivity contribution in [2.75, 3.05) is 10.0 Å². The number of benzene rings is 3. The number of halogens is 2. The van der Waals surface area contributed by atoms with E-state index in [1.54, 1.807) is 42.5 Å². The summed E-state index contributed by atoms with van der Waals surface area (Å²) in [7, 11) is -3.69. The van der Waals surface area contributed by atoms with Crippen molar-refractivity contribution in [3.8, 4) is 0 Å². The van der Waals surface area contributed by atoms with Gasteiger partial charge < -0.3 is 5.32 Å². The Balaban J connectivity index is 1.51. The summed E-state index contributed by atoms with van der Waals surface area (Å²) < 4.78 is 28.6. The van der Waals surface area contributed by atoms with Crippen LogP contribution in [-0.2, 0) is 10.0 Å². The van der Waals surface area contributed by atoms with E-state index in [2.05, 4.69) is 22.2 Å². The van der Waals surface area contributed by atoms with Crippen molar-refractivity contribution in [2.45, 2.75) is 23.3 Å². The molecule has 0 fully saturated rings. The lowest BCUT2D eigenvalue weighted by atomic mass is 9.77. The van der Waals surface area contributed by atoms with Crippen LogP contribution in [0.1, 0.15) is 29.5 Å². The van der Waals surface area contributed by atoms with Crippen molar-refractivity contribution in [3.63, 3.8) is 0 Å². The summed E-state index contributed by atoms with van der Waals surface area (Å²) in [4.78, 5) is 0.249. The number of sulfonamides is 1. The highest BCUT2D eigenvalue weighted by Gasteiger charge is 2.39. The van der Waals surface area contributed by atoms with Gasteiger partial charge in [-0.2, -0.15) is 0 Å². The maximum atomic E-state index is 13.0. The third-order valence-electron chi connectivity index (χ3n) is 5.97. The molecule has 4 nitrogen and oxygen atoms in total. The Bertz CT molecular complexity index is 1280. The Morgan fingerprint density at radius 1 is 0.935 bits per heavy atom. The maximum absolute atomic E-state index is 13.0.